The van der Waals surface area contributed by atoms with Crippen LogP contribution in [0.25, 0.3) is 0 Å². The Morgan fingerprint density at radius 3 is 1.22 bits per heavy atom. The summed E-state index contributed by atoms with van der Waals surface area (Å²) < 4.78 is 0. The summed E-state index contributed by atoms with van der Waals surface area (Å²) in [6.07, 6.45) is 1.17. The number of hydrogen-bond donors (Lipinski definition) is 4. The van der Waals surface area contributed by atoms with Gasteiger partial charge in [-0.1, -0.05) is 13.8 Å². The molecule has 0 aliphatic carbocycles. The Balaban J connectivity index is -0.00000112. The first-order valence-corrected chi connectivity index (χ1v) is 5.35. The van der Waals surface area contributed by atoms with Crippen LogP contribution in [0, 0.1) is 10.8 Å². The normalized spacial score (nSPS) is 16.9. The highest BCUT2D eigenvalue weighted by Crippen LogP contribution is 2.21. The van der Waals surface area contributed by atoms with Gasteiger partial charge in [0.15, 0.2) is 0 Å². The highest BCUT2D eigenvalue weighted by atomic mass is 35.5. The lowest BCUT2D eigenvalue weighted by Gasteiger charge is -2.25. The van der Waals surface area contributed by atoms with E-state index >= 15 is 0 Å². The van der Waals surface area contributed by atoms with E-state index < -0.39 is 11.1 Å². The van der Waals surface area contributed by atoms with Crippen LogP contribution in [-0.2, 0) is 0 Å². The second kappa shape index (κ2) is 8.26. The maximum atomic E-state index is 7.46. The lowest BCUT2D eigenvalue weighted by atomic mass is 9.97. The molecule has 0 aromatic heterocycles. The summed E-state index contributed by atoms with van der Waals surface area (Å²) in [6.45, 7) is 7.26. The number of nitrogens with one attached hydrogen (secondary N) is 2. The summed E-state index contributed by atoms with van der Waals surface area (Å²) in [7, 11) is 0. The summed E-state index contributed by atoms with van der Waals surface area (Å²) in [4.78, 5) is 0. The Morgan fingerprint density at radius 2 is 1.11 bits per heavy atom. The summed E-state index contributed by atoms with van der Waals surface area (Å²) in [5, 5.41) is 23.1. The zero-order valence-electron chi connectivity index (χ0n) is 11.3. The van der Waals surface area contributed by atoms with Crippen molar-refractivity contribution in [3.63, 3.8) is 0 Å². The molecule has 0 heterocycles. The summed E-state index contributed by atoms with van der Waals surface area (Å²) in [6, 6.07) is 0. The van der Waals surface area contributed by atoms with Crippen molar-refractivity contribution in [1.29, 1.82) is 10.8 Å². The molecule has 2 unspecified atom stereocenters. The summed E-state index contributed by atoms with van der Waals surface area (Å²) >= 11 is 0. The molecule has 0 spiro atoms. The lowest BCUT2D eigenvalue weighted by molar-refractivity contribution is 0.488. The number of amidine groups is 2. The molecule has 0 amide bonds. The van der Waals surface area contributed by atoms with Gasteiger partial charge in [-0.25, -0.2) is 0 Å². The first-order chi connectivity index (χ1) is 7.22. The largest absolute Gasteiger partial charge is 0.386 e. The Morgan fingerprint density at radius 1 is 0.889 bits per heavy atom. The van der Waals surface area contributed by atoms with Gasteiger partial charge in [0.2, 0.25) is 0 Å². The van der Waals surface area contributed by atoms with Crippen LogP contribution in [0.15, 0.2) is 10.2 Å². The van der Waals surface area contributed by atoms with E-state index in [0.29, 0.717) is 12.8 Å². The van der Waals surface area contributed by atoms with Crippen molar-refractivity contribution in [3.05, 3.63) is 0 Å². The fourth-order valence-electron chi connectivity index (χ4n) is 0.851. The molecule has 0 saturated heterocycles. The maximum Gasteiger partial charge on any atom is 0.135 e. The lowest BCUT2D eigenvalue weighted by Crippen LogP contribution is -2.41. The smallest absolute Gasteiger partial charge is 0.135 e. The predicted octanol–water partition coefficient (Wildman–Crippen LogP) is 2.49. The molecule has 18 heavy (non-hydrogen) atoms. The SMILES string of the molecule is CCC(C)(N=NC(C)(CC)C(=N)N)C(=N)N.Cl.Cl. The summed E-state index contributed by atoms with van der Waals surface area (Å²) in [5.41, 5.74) is 9.35. The van der Waals surface area contributed by atoms with Crippen molar-refractivity contribution in [1.82, 2.24) is 0 Å². The van der Waals surface area contributed by atoms with Crippen molar-refractivity contribution in [3.8, 4) is 0 Å². The average molecular weight is 299 g/mol. The third-order valence-electron chi connectivity index (χ3n) is 3.03. The molecule has 8 heteroatoms. The molecule has 0 bridgehead atoms. The van der Waals surface area contributed by atoms with Crippen LogP contribution in [0.2, 0.25) is 0 Å². The van der Waals surface area contributed by atoms with Gasteiger partial charge in [0, 0.05) is 0 Å². The first kappa shape index (κ1) is 22.3. The second-order valence-corrected chi connectivity index (χ2v) is 4.28. The van der Waals surface area contributed by atoms with E-state index in [1.807, 2.05) is 13.8 Å². The Bertz CT molecular complexity index is 289. The molecular formula is C10H24Cl2N6. The second-order valence-electron chi connectivity index (χ2n) is 4.28. The molecule has 6 nitrogen and oxygen atoms in total. The molecular weight excluding hydrogens is 275 g/mol. The minimum Gasteiger partial charge on any atom is -0.386 e. The monoisotopic (exact) mass is 298 g/mol. The van der Waals surface area contributed by atoms with E-state index in [2.05, 4.69) is 10.2 Å². The topological polar surface area (TPSA) is 124 Å². The fourth-order valence-corrected chi connectivity index (χ4v) is 0.851. The van der Waals surface area contributed by atoms with Gasteiger partial charge in [0.25, 0.3) is 0 Å². The van der Waals surface area contributed by atoms with E-state index in [9.17, 15) is 0 Å². The molecule has 0 aliphatic rings. The highest BCUT2D eigenvalue weighted by Gasteiger charge is 2.30. The van der Waals surface area contributed by atoms with Gasteiger partial charge in [-0.3, -0.25) is 10.8 Å². The number of rotatable bonds is 6. The van der Waals surface area contributed by atoms with Gasteiger partial charge < -0.3 is 11.5 Å². The van der Waals surface area contributed by atoms with Crippen molar-refractivity contribution in [2.24, 2.45) is 21.7 Å². The van der Waals surface area contributed by atoms with Gasteiger partial charge in [0.05, 0.1) is 0 Å². The zero-order valence-corrected chi connectivity index (χ0v) is 12.9. The molecule has 0 aliphatic heterocycles. The van der Waals surface area contributed by atoms with Crippen molar-refractivity contribution < 1.29 is 0 Å². The van der Waals surface area contributed by atoms with Crippen LogP contribution in [-0.4, -0.2) is 22.7 Å². The molecule has 0 aromatic carbocycles. The maximum absolute atomic E-state index is 7.46. The molecule has 0 rings (SSSR count). The van der Waals surface area contributed by atoms with E-state index in [4.69, 9.17) is 22.3 Å². The van der Waals surface area contributed by atoms with Crippen LogP contribution in [0.5, 0.6) is 0 Å². The number of azo groups is 1. The molecule has 0 radical (unpaired) electrons. The number of nitrogens with two attached hydrogens (primary N) is 2. The van der Waals surface area contributed by atoms with Gasteiger partial charge >= 0.3 is 0 Å². The molecule has 108 valence electrons. The third-order valence-corrected chi connectivity index (χ3v) is 3.03. The van der Waals surface area contributed by atoms with Gasteiger partial charge in [-0.2, -0.15) is 10.2 Å². The number of nitrogens with zero attached hydrogens (tertiary/aromatic N) is 2. The molecule has 0 aromatic rings. The number of hydrogen-bond acceptors (Lipinski definition) is 4. The van der Waals surface area contributed by atoms with Crippen LogP contribution >= 0.6 is 24.8 Å². The van der Waals surface area contributed by atoms with Gasteiger partial charge in [0.1, 0.15) is 22.7 Å². The molecule has 2 atom stereocenters. The van der Waals surface area contributed by atoms with E-state index in [1.165, 1.54) is 0 Å². The van der Waals surface area contributed by atoms with Crippen LogP contribution in [0.4, 0.5) is 0 Å². The van der Waals surface area contributed by atoms with Crippen LogP contribution < -0.4 is 11.5 Å². The quantitative estimate of drug-likeness (QED) is 0.342. The van der Waals surface area contributed by atoms with E-state index in [1.54, 1.807) is 13.8 Å². The minimum absolute atomic E-state index is 0. The average Bonchev–Trinajstić information content (AvgIpc) is 2.24. The van der Waals surface area contributed by atoms with Crippen molar-refractivity contribution in [2.75, 3.05) is 0 Å². The highest BCUT2D eigenvalue weighted by molar-refractivity contribution is 5.88. The minimum atomic E-state index is -0.800. The standard InChI is InChI=1S/C10H22N6.2ClH/c1-5-9(3,7(11)12)15-16-10(4,6-2)8(13)14;;/h5-6H2,1-4H3,(H3,11,12)(H3,13,14);2*1H. The van der Waals surface area contributed by atoms with Crippen molar-refractivity contribution >= 4 is 36.5 Å². The van der Waals surface area contributed by atoms with Gasteiger partial charge in [-0.05, 0) is 26.7 Å². The van der Waals surface area contributed by atoms with Crippen LogP contribution in [0.3, 0.4) is 0 Å². The summed E-state index contributed by atoms with van der Waals surface area (Å²) in [5.74, 6) is -0.0542. The molecule has 0 fully saturated rings. The predicted molar refractivity (Wildman–Crippen MR) is 80.6 cm³/mol. The third kappa shape index (κ3) is 5.18. The Hall–Kier alpha value is -0.880. The molecule has 0 saturated carbocycles. The van der Waals surface area contributed by atoms with E-state index in [0.717, 1.165) is 0 Å². The first-order valence-electron chi connectivity index (χ1n) is 5.35. The van der Waals surface area contributed by atoms with E-state index in [-0.39, 0.29) is 36.5 Å². The molecule has 6 N–H and O–H groups in total. The Labute approximate surface area is 121 Å². The van der Waals surface area contributed by atoms with Crippen molar-refractivity contribution in [2.45, 2.75) is 51.6 Å². The Kier molecular flexibility index (Phi) is 10.2. The number of halogens is 2. The van der Waals surface area contributed by atoms with Crippen LogP contribution in [0.1, 0.15) is 40.5 Å². The zero-order chi connectivity index (χ0) is 13.0. The fraction of sp³-hybridized carbons (Fsp3) is 0.800. The van der Waals surface area contributed by atoms with Gasteiger partial charge in [-0.15, -0.1) is 24.8 Å².